The van der Waals surface area contributed by atoms with Crippen LogP contribution in [0.1, 0.15) is 48.6 Å². The van der Waals surface area contributed by atoms with Crippen molar-refractivity contribution >= 4 is 35.0 Å². The highest BCUT2D eigenvalue weighted by atomic mass is 35.5. The molecule has 0 saturated carbocycles. The quantitative estimate of drug-likeness (QED) is 0.270. The van der Waals surface area contributed by atoms with Gasteiger partial charge in [-0.25, -0.2) is 4.98 Å². The second-order valence-electron chi connectivity index (χ2n) is 9.10. The first-order valence-corrected chi connectivity index (χ1v) is 11.5. The lowest BCUT2D eigenvalue weighted by atomic mass is 9.96. The molecule has 0 aliphatic rings. The van der Waals surface area contributed by atoms with Crippen LogP contribution in [0.4, 0.5) is 17.5 Å². The molecule has 0 aliphatic heterocycles. The van der Waals surface area contributed by atoms with E-state index in [9.17, 15) is 9.90 Å². The Bertz CT molecular complexity index is 1370. The summed E-state index contributed by atoms with van der Waals surface area (Å²) in [5.74, 6) is 0.775. The number of halogens is 1. The van der Waals surface area contributed by atoms with Crippen molar-refractivity contribution in [3.05, 3.63) is 76.7 Å². The molecule has 36 heavy (non-hydrogen) atoms. The Hall–Kier alpha value is -4.02. The zero-order valence-corrected chi connectivity index (χ0v) is 20.7. The summed E-state index contributed by atoms with van der Waals surface area (Å²) < 4.78 is 5.52. The Labute approximate surface area is 212 Å². The number of carbonyl (C=O) groups is 1. The van der Waals surface area contributed by atoms with Gasteiger partial charge in [0, 0.05) is 17.3 Å². The van der Waals surface area contributed by atoms with E-state index >= 15 is 0 Å². The van der Waals surface area contributed by atoms with Crippen LogP contribution in [0.15, 0.2) is 59.3 Å². The molecular weight excluding hydrogens is 482 g/mol. The third-order valence-electron chi connectivity index (χ3n) is 5.30. The van der Waals surface area contributed by atoms with E-state index in [1.165, 1.54) is 6.07 Å². The summed E-state index contributed by atoms with van der Waals surface area (Å²) in [6, 6.07) is 13.7. The Morgan fingerprint density at radius 1 is 1.17 bits per heavy atom. The molecule has 1 amide bonds. The van der Waals surface area contributed by atoms with Crippen molar-refractivity contribution in [3.63, 3.8) is 0 Å². The van der Waals surface area contributed by atoms with Crippen LogP contribution in [-0.2, 0) is 5.41 Å². The van der Waals surface area contributed by atoms with Crippen molar-refractivity contribution in [1.29, 1.82) is 0 Å². The number of aromatic nitrogens is 4. The first-order chi connectivity index (χ1) is 17.2. The van der Waals surface area contributed by atoms with Gasteiger partial charge in [0.25, 0.3) is 5.89 Å². The number of anilines is 3. The van der Waals surface area contributed by atoms with Crippen molar-refractivity contribution in [3.8, 4) is 11.5 Å². The zero-order valence-electron chi connectivity index (χ0n) is 20.0. The number of benzene rings is 2. The Morgan fingerprint density at radius 2 is 1.92 bits per heavy atom. The highest BCUT2D eigenvalue weighted by Gasteiger charge is 2.24. The number of aliphatic hydroxyl groups excluding tert-OH is 1. The fourth-order valence-corrected chi connectivity index (χ4v) is 3.63. The molecule has 10 nitrogen and oxygen atoms in total. The smallest absolute Gasteiger partial charge is 0.263 e. The number of rotatable bonds is 8. The molecule has 0 bridgehead atoms. The van der Waals surface area contributed by atoms with E-state index < -0.39 is 11.9 Å². The standard InChI is InChI=1S/C25H26ClN7O3/c1-25(2,3)23-32-22(36-33-23)17-12-28-24(29-15-9-10-16(20(27)35)18(26)11-15)31-21(17)30-19(13-34)14-7-5-4-6-8-14/h4-12,19,34H,13H2,1-3H3,(H2,27,35)(H2,28,29,30,31)/t19-/m1/s1. The Balaban J connectivity index is 1.72. The van der Waals surface area contributed by atoms with Crippen LogP contribution in [0.25, 0.3) is 11.5 Å². The highest BCUT2D eigenvalue weighted by molar-refractivity contribution is 6.34. The van der Waals surface area contributed by atoms with Gasteiger partial charge in [-0.15, -0.1) is 0 Å². The predicted octanol–water partition coefficient (Wildman–Crippen LogP) is 4.47. The van der Waals surface area contributed by atoms with Gasteiger partial charge in [-0.1, -0.05) is 67.9 Å². The van der Waals surface area contributed by atoms with Crippen molar-refractivity contribution in [2.45, 2.75) is 32.2 Å². The lowest BCUT2D eigenvalue weighted by Gasteiger charge is -2.19. The summed E-state index contributed by atoms with van der Waals surface area (Å²) >= 11 is 6.17. The van der Waals surface area contributed by atoms with Crippen LogP contribution in [0.3, 0.4) is 0 Å². The first kappa shape index (κ1) is 25.1. The summed E-state index contributed by atoms with van der Waals surface area (Å²) in [6.45, 7) is 5.76. The molecule has 5 N–H and O–H groups in total. The fraction of sp³-hybridized carbons (Fsp3) is 0.240. The lowest BCUT2D eigenvalue weighted by molar-refractivity contribution is 0.100. The number of nitrogens with one attached hydrogen (secondary N) is 2. The Morgan fingerprint density at radius 3 is 2.53 bits per heavy atom. The first-order valence-electron chi connectivity index (χ1n) is 11.2. The molecule has 0 spiro atoms. The van der Waals surface area contributed by atoms with Crippen LogP contribution in [0.2, 0.25) is 5.02 Å². The normalized spacial score (nSPS) is 12.2. The number of primary amides is 1. The number of hydrogen-bond acceptors (Lipinski definition) is 9. The number of nitrogens with zero attached hydrogens (tertiary/aromatic N) is 4. The van der Waals surface area contributed by atoms with Gasteiger partial charge in [-0.05, 0) is 23.8 Å². The second-order valence-corrected chi connectivity index (χ2v) is 9.51. The number of carbonyl (C=O) groups excluding carboxylic acids is 1. The minimum Gasteiger partial charge on any atom is -0.394 e. The van der Waals surface area contributed by atoms with E-state index in [1.807, 2.05) is 51.1 Å². The van der Waals surface area contributed by atoms with Crippen molar-refractivity contribution in [2.75, 3.05) is 17.2 Å². The van der Waals surface area contributed by atoms with E-state index in [2.05, 4.69) is 30.7 Å². The van der Waals surface area contributed by atoms with E-state index in [0.717, 1.165) is 5.56 Å². The average molecular weight is 508 g/mol. The lowest BCUT2D eigenvalue weighted by Crippen LogP contribution is -2.17. The number of aliphatic hydroxyl groups is 1. The van der Waals surface area contributed by atoms with Gasteiger partial charge >= 0.3 is 0 Å². The molecule has 0 unspecified atom stereocenters. The summed E-state index contributed by atoms with van der Waals surface area (Å²) in [4.78, 5) is 25.0. The summed E-state index contributed by atoms with van der Waals surface area (Å²) in [5, 5.41) is 20.7. The molecule has 186 valence electrons. The molecule has 0 saturated heterocycles. The summed E-state index contributed by atoms with van der Waals surface area (Å²) in [7, 11) is 0. The van der Waals surface area contributed by atoms with Gasteiger partial charge in [0.15, 0.2) is 5.82 Å². The second kappa shape index (κ2) is 10.3. The molecule has 11 heteroatoms. The van der Waals surface area contributed by atoms with Crippen LogP contribution < -0.4 is 16.4 Å². The molecule has 0 radical (unpaired) electrons. The molecule has 2 aromatic heterocycles. The fourth-order valence-electron chi connectivity index (χ4n) is 3.35. The van der Waals surface area contributed by atoms with E-state index in [1.54, 1.807) is 18.3 Å². The molecule has 4 aromatic rings. The maximum atomic E-state index is 11.5. The highest BCUT2D eigenvalue weighted by Crippen LogP contribution is 2.31. The van der Waals surface area contributed by atoms with Gasteiger partial charge in [0.05, 0.1) is 23.2 Å². The third-order valence-corrected chi connectivity index (χ3v) is 5.61. The zero-order chi connectivity index (χ0) is 25.9. The van der Waals surface area contributed by atoms with Crippen LogP contribution >= 0.6 is 11.6 Å². The van der Waals surface area contributed by atoms with Crippen molar-refractivity contribution in [2.24, 2.45) is 5.73 Å². The van der Waals surface area contributed by atoms with E-state index in [0.29, 0.717) is 22.9 Å². The predicted molar refractivity (Wildman–Crippen MR) is 137 cm³/mol. The van der Waals surface area contributed by atoms with Gasteiger partial charge in [-0.3, -0.25) is 4.79 Å². The average Bonchev–Trinajstić information content (AvgIpc) is 3.34. The monoisotopic (exact) mass is 507 g/mol. The molecule has 2 heterocycles. The van der Waals surface area contributed by atoms with Gasteiger partial charge in [0.2, 0.25) is 11.9 Å². The van der Waals surface area contributed by atoms with Crippen LogP contribution in [-0.4, -0.2) is 37.7 Å². The van der Waals surface area contributed by atoms with Crippen molar-refractivity contribution < 1.29 is 14.4 Å². The number of amides is 1. The summed E-state index contributed by atoms with van der Waals surface area (Å²) in [6.07, 6.45) is 1.55. The minimum absolute atomic E-state index is 0.183. The third kappa shape index (κ3) is 5.61. The number of hydrogen-bond donors (Lipinski definition) is 4. The van der Waals surface area contributed by atoms with Crippen LogP contribution in [0, 0.1) is 0 Å². The minimum atomic E-state index is -0.622. The molecule has 4 rings (SSSR count). The maximum Gasteiger partial charge on any atom is 0.263 e. The topological polar surface area (TPSA) is 152 Å². The van der Waals surface area contributed by atoms with Crippen molar-refractivity contribution in [1.82, 2.24) is 20.1 Å². The van der Waals surface area contributed by atoms with E-state index in [4.69, 9.17) is 21.9 Å². The van der Waals surface area contributed by atoms with Gasteiger partial charge < -0.3 is 26.0 Å². The Kier molecular flexibility index (Phi) is 7.18. The largest absolute Gasteiger partial charge is 0.394 e. The van der Waals surface area contributed by atoms with Gasteiger partial charge in [-0.2, -0.15) is 9.97 Å². The SMILES string of the molecule is CC(C)(C)c1noc(-c2cnc(Nc3ccc(C(N)=O)c(Cl)c3)nc2N[C@H](CO)c2ccccc2)n1. The molecule has 0 aliphatic carbocycles. The molecule has 1 atom stereocenters. The molecular formula is C25H26ClN7O3. The maximum absolute atomic E-state index is 11.5. The van der Waals surface area contributed by atoms with E-state index in [-0.39, 0.29) is 34.4 Å². The molecule has 2 aromatic carbocycles. The molecule has 0 fully saturated rings. The summed E-state index contributed by atoms with van der Waals surface area (Å²) in [5.41, 5.74) is 7.12. The van der Waals surface area contributed by atoms with Crippen LogP contribution in [0.5, 0.6) is 0 Å². The van der Waals surface area contributed by atoms with Gasteiger partial charge in [0.1, 0.15) is 11.4 Å². The number of nitrogens with two attached hydrogens (primary N) is 1.